The van der Waals surface area contributed by atoms with Gasteiger partial charge in [0.15, 0.2) is 11.5 Å². The molecular formula is C20H25N3O3. The van der Waals surface area contributed by atoms with Crippen molar-refractivity contribution in [3.05, 3.63) is 53.6 Å². The molecule has 1 heterocycles. The molecule has 1 atom stereocenters. The van der Waals surface area contributed by atoms with Crippen LogP contribution >= 0.6 is 0 Å². The summed E-state index contributed by atoms with van der Waals surface area (Å²) in [5, 5.41) is 17.4. The highest BCUT2D eigenvalue weighted by Crippen LogP contribution is 2.34. The van der Waals surface area contributed by atoms with Gasteiger partial charge in [-0.25, -0.2) is 0 Å². The van der Waals surface area contributed by atoms with Crippen LogP contribution in [0.1, 0.15) is 24.1 Å². The average Bonchev–Trinajstić information content (AvgIpc) is 2.69. The summed E-state index contributed by atoms with van der Waals surface area (Å²) in [7, 11) is 1.67. The lowest BCUT2D eigenvalue weighted by atomic mass is 10.0. The van der Waals surface area contributed by atoms with Crippen LogP contribution in [0.15, 0.2) is 47.5 Å². The Balaban J connectivity index is 1.81. The highest BCUT2D eigenvalue weighted by atomic mass is 16.5. The molecule has 1 unspecified atom stereocenters. The summed E-state index contributed by atoms with van der Waals surface area (Å²) < 4.78 is 10.9. The second kappa shape index (κ2) is 8.58. The third kappa shape index (κ3) is 3.91. The maximum atomic E-state index is 10.6. The number of nitrogens with one attached hydrogen (secondary N) is 2. The van der Waals surface area contributed by atoms with Crippen LogP contribution in [0.4, 0.5) is 0 Å². The monoisotopic (exact) mass is 355 g/mol. The van der Waals surface area contributed by atoms with E-state index in [9.17, 15) is 5.11 Å². The van der Waals surface area contributed by atoms with Crippen molar-refractivity contribution in [1.29, 1.82) is 0 Å². The van der Waals surface area contributed by atoms with Gasteiger partial charge in [0, 0.05) is 24.2 Å². The molecule has 0 aromatic heterocycles. The molecule has 0 saturated carbocycles. The van der Waals surface area contributed by atoms with E-state index in [1.807, 2.05) is 43.3 Å². The molecule has 6 heteroatoms. The quantitative estimate of drug-likeness (QED) is 0.743. The number of nitrogens with zero attached hydrogens (tertiary/aromatic N) is 1. The molecule has 0 radical (unpaired) electrons. The predicted octanol–water partition coefficient (Wildman–Crippen LogP) is 2.63. The summed E-state index contributed by atoms with van der Waals surface area (Å²) in [5.41, 5.74) is 1.80. The molecular weight excluding hydrogens is 330 g/mol. The van der Waals surface area contributed by atoms with Crippen molar-refractivity contribution < 1.29 is 14.6 Å². The van der Waals surface area contributed by atoms with Gasteiger partial charge in [-0.05, 0) is 19.1 Å². The van der Waals surface area contributed by atoms with Crippen molar-refractivity contribution in [1.82, 2.24) is 10.6 Å². The minimum absolute atomic E-state index is 0.153. The molecule has 0 saturated heterocycles. The number of benzene rings is 2. The highest BCUT2D eigenvalue weighted by molar-refractivity contribution is 5.90. The van der Waals surface area contributed by atoms with Crippen LogP contribution in [-0.2, 0) is 6.54 Å². The summed E-state index contributed by atoms with van der Waals surface area (Å²) in [5.74, 6) is 2.27. The number of rotatable bonds is 6. The molecule has 1 aliphatic heterocycles. The van der Waals surface area contributed by atoms with Crippen LogP contribution < -0.4 is 20.1 Å². The normalized spacial score (nSPS) is 16.7. The Hall–Kier alpha value is -2.73. The van der Waals surface area contributed by atoms with E-state index < -0.39 is 0 Å². The molecule has 0 bridgehead atoms. The zero-order chi connectivity index (χ0) is 18.4. The lowest BCUT2D eigenvalue weighted by Gasteiger charge is -2.27. The van der Waals surface area contributed by atoms with Crippen LogP contribution in [0.3, 0.4) is 0 Å². The number of methoxy groups -OCH3 is 1. The Kier molecular flexibility index (Phi) is 5.96. The molecule has 6 nitrogen and oxygen atoms in total. The van der Waals surface area contributed by atoms with E-state index in [-0.39, 0.29) is 11.8 Å². The Morgan fingerprint density at radius 1 is 1.19 bits per heavy atom. The van der Waals surface area contributed by atoms with E-state index in [4.69, 9.17) is 9.47 Å². The van der Waals surface area contributed by atoms with Crippen molar-refractivity contribution in [2.45, 2.75) is 19.5 Å². The zero-order valence-electron chi connectivity index (χ0n) is 15.2. The van der Waals surface area contributed by atoms with E-state index in [2.05, 4.69) is 15.6 Å². The number of aliphatic imine (C=N–C) groups is 1. The van der Waals surface area contributed by atoms with Crippen LogP contribution in [0, 0.1) is 0 Å². The van der Waals surface area contributed by atoms with Crippen LogP contribution in [0.5, 0.6) is 17.2 Å². The van der Waals surface area contributed by atoms with Gasteiger partial charge in [0.1, 0.15) is 11.6 Å². The van der Waals surface area contributed by atoms with Gasteiger partial charge >= 0.3 is 0 Å². The number of hydrogen-bond acceptors (Lipinski definition) is 6. The van der Waals surface area contributed by atoms with Crippen molar-refractivity contribution in [3.63, 3.8) is 0 Å². The van der Waals surface area contributed by atoms with Crippen molar-refractivity contribution in [2.24, 2.45) is 4.99 Å². The third-order valence-corrected chi connectivity index (χ3v) is 4.31. The Labute approximate surface area is 153 Å². The number of para-hydroxylation sites is 2. The number of amidine groups is 1. The summed E-state index contributed by atoms with van der Waals surface area (Å²) in [6.07, 6.45) is 0. The highest BCUT2D eigenvalue weighted by Gasteiger charge is 2.25. The number of ether oxygens (including phenoxy) is 2. The van der Waals surface area contributed by atoms with Gasteiger partial charge in [-0.15, -0.1) is 0 Å². The number of hydrogen-bond donors (Lipinski definition) is 3. The lowest BCUT2D eigenvalue weighted by molar-refractivity contribution is 0.315. The minimum Gasteiger partial charge on any atom is -0.504 e. The first kappa shape index (κ1) is 18.1. The number of phenols is 1. The largest absolute Gasteiger partial charge is 0.504 e. The van der Waals surface area contributed by atoms with Gasteiger partial charge in [-0.1, -0.05) is 30.3 Å². The van der Waals surface area contributed by atoms with E-state index in [1.165, 1.54) is 0 Å². The molecule has 2 aromatic carbocycles. The van der Waals surface area contributed by atoms with Gasteiger partial charge in [-0.2, -0.15) is 0 Å². The summed E-state index contributed by atoms with van der Waals surface area (Å²) in [6, 6.07) is 13.2. The molecule has 0 aliphatic carbocycles. The fraction of sp³-hybridized carbons (Fsp3) is 0.350. The molecule has 138 valence electrons. The summed E-state index contributed by atoms with van der Waals surface area (Å²) in [6.45, 7) is 4.43. The molecule has 3 N–H and O–H groups in total. The van der Waals surface area contributed by atoms with E-state index in [0.717, 1.165) is 29.3 Å². The first-order valence-corrected chi connectivity index (χ1v) is 8.82. The molecule has 0 fully saturated rings. The molecule has 1 aliphatic rings. The van der Waals surface area contributed by atoms with Crippen LogP contribution in [0.2, 0.25) is 0 Å². The summed E-state index contributed by atoms with van der Waals surface area (Å²) >= 11 is 0. The average molecular weight is 355 g/mol. The molecule has 0 spiro atoms. The van der Waals surface area contributed by atoms with E-state index >= 15 is 0 Å². The Morgan fingerprint density at radius 2 is 2.00 bits per heavy atom. The van der Waals surface area contributed by atoms with Crippen LogP contribution in [-0.4, -0.2) is 37.7 Å². The fourth-order valence-corrected chi connectivity index (χ4v) is 3.07. The predicted molar refractivity (Wildman–Crippen MR) is 102 cm³/mol. The first-order chi connectivity index (χ1) is 12.7. The maximum absolute atomic E-state index is 10.6. The number of aromatic hydroxyl groups is 1. The van der Waals surface area contributed by atoms with Gasteiger partial charge in [0.2, 0.25) is 0 Å². The maximum Gasteiger partial charge on any atom is 0.163 e. The van der Waals surface area contributed by atoms with Crippen LogP contribution in [0.25, 0.3) is 0 Å². The second-order valence-corrected chi connectivity index (χ2v) is 5.95. The van der Waals surface area contributed by atoms with Gasteiger partial charge < -0.3 is 25.2 Å². The zero-order valence-corrected chi connectivity index (χ0v) is 15.2. The fourth-order valence-electron chi connectivity index (χ4n) is 3.07. The lowest BCUT2D eigenvalue weighted by Crippen LogP contribution is -2.42. The van der Waals surface area contributed by atoms with Crippen molar-refractivity contribution in [3.8, 4) is 17.2 Å². The SMILES string of the molecule is CCOc1cccc(C2NCCN=C2NCc2ccccc2OC)c1O. The van der Waals surface area contributed by atoms with Crippen molar-refractivity contribution >= 4 is 5.84 Å². The molecule has 0 amide bonds. The van der Waals surface area contributed by atoms with E-state index in [0.29, 0.717) is 25.4 Å². The third-order valence-electron chi connectivity index (χ3n) is 4.31. The van der Waals surface area contributed by atoms with E-state index in [1.54, 1.807) is 13.2 Å². The standard InChI is InChI=1S/C20H25N3O3/c1-3-26-17-10-6-8-15(19(17)24)18-20(22-12-11-21-18)23-13-14-7-4-5-9-16(14)25-2/h4-10,18,21,24H,3,11-13H2,1-2H3,(H,22,23). The topological polar surface area (TPSA) is 75.1 Å². The van der Waals surface area contributed by atoms with Gasteiger partial charge in [0.25, 0.3) is 0 Å². The molecule has 3 rings (SSSR count). The second-order valence-electron chi connectivity index (χ2n) is 5.95. The molecule has 26 heavy (non-hydrogen) atoms. The molecule has 2 aromatic rings. The summed E-state index contributed by atoms with van der Waals surface area (Å²) in [4.78, 5) is 4.62. The smallest absolute Gasteiger partial charge is 0.163 e. The first-order valence-electron chi connectivity index (χ1n) is 8.82. The minimum atomic E-state index is -0.209. The van der Waals surface area contributed by atoms with Crippen molar-refractivity contribution in [2.75, 3.05) is 26.8 Å². The Bertz CT molecular complexity index is 777. The van der Waals surface area contributed by atoms with Gasteiger partial charge in [-0.3, -0.25) is 4.99 Å². The number of phenolic OH excluding ortho intramolecular Hbond substituents is 1. The van der Waals surface area contributed by atoms with Gasteiger partial charge in [0.05, 0.1) is 26.3 Å². The Morgan fingerprint density at radius 3 is 2.81 bits per heavy atom.